The second-order valence-corrected chi connectivity index (χ2v) is 5.79. The fourth-order valence-electron chi connectivity index (χ4n) is 2.91. The number of para-hydroxylation sites is 1. The lowest BCUT2D eigenvalue weighted by atomic mass is 9.99. The average Bonchev–Trinajstić information content (AvgIpc) is 3.05. The highest BCUT2D eigenvalue weighted by Crippen LogP contribution is 2.28. The van der Waals surface area contributed by atoms with Crippen LogP contribution in [0.4, 0.5) is 5.69 Å². The van der Waals surface area contributed by atoms with Crippen molar-refractivity contribution in [1.29, 1.82) is 0 Å². The number of anilines is 1. The van der Waals surface area contributed by atoms with Gasteiger partial charge < -0.3 is 9.73 Å². The minimum atomic E-state index is -0.542. The van der Waals surface area contributed by atoms with Gasteiger partial charge in [0.05, 0.1) is 12.2 Å². The zero-order valence-electron chi connectivity index (χ0n) is 13.0. The number of fused-ring (bicyclic) bond motifs is 2. The van der Waals surface area contributed by atoms with Crippen LogP contribution in [0.3, 0.4) is 0 Å². The van der Waals surface area contributed by atoms with E-state index in [1.165, 1.54) is 0 Å². The minimum absolute atomic E-state index is 0.156. The molecule has 0 aliphatic carbocycles. The summed E-state index contributed by atoms with van der Waals surface area (Å²) in [4.78, 5) is 12.6. The van der Waals surface area contributed by atoms with E-state index in [-0.39, 0.29) is 5.91 Å². The Morgan fingerprint density at radius 2 is 1.71 bits per heavy atom. The van der Waals surface area contributed by atoms with Gasteiger partial charge in [-0.25, -0.2) is 0 Å². The highest BCUT2D eigenvalue weighted by atomic mass is 16.3. The predicted molar refractivity (Wildman–Crippen MR) is 96.9 cm³/mol. The maximum Gasteiger partial charge on any atom is 0.232 e. The number of nitrogens with one attached hydrogen (secondary N) is 1. The topological polar surface area (TPSA) is 42.2 Å². The van der Waals surface area contributed by atoms with Gasteiger partial charge in [-0.05, 0) is 35.9 Å². The minimum Gasteiger partial charge on any atom is -0.464 e. The van der Waals surface area contributed by atoms with E-state index >= 15 is 0 Å². The number of carbonyl (C=O) groups is 1. The van der Waals surface area contributed by atoms with E-state index in [4.69, 9.17) is 4.42 Å². The maximum absolute atomic E-state index is 12.6. The Bertz CT molecular complexity index is 1030. The van der Waals surface area contributed by atoms with Crippen LogP contribution in [0.1, 0.15) is 11.5 Å². The maximum atomic E-state index is 12.6. The van der Waals surface area contributed by atoms with Gasteiger partial charge in [0.1, 0.15) is 5.58 Å². The highest BCUT2D eigenvalue weighted by molar-refractivity contribution is 6.00. The zero-order chi connectivity index (χ0) is 16.5. The van der Waals surface area contributed by atoms with Crippen LogP contribution in [-0.2, 0) is 4.79 Å². The van der Waals surface area contributed by atoms with Gasteiger partial charge in [0.25, 0.3) is 0 Å². The van der Waals surface area contributed by atoms with Crippen LogP contribution in [0.25, 0.3) is 21.7 Å². The van der Waals surface area contributed by atoms with Crippen molar-refractivity contribution in [1.82, 2.24) is 0 Å². The number of amides is 1. The van der Waals surface area contributed by atoms with E-state index in [0.717, 1.165) is 33.0 Å². The molecule has 1 amide bonds. The molecular formula is C21H16NO2. The molecule has 1 unspecified atom stereocenters. The first-order valence-electron chi connectivity index (χ1n) is 7.81. The summed E-state index contributed by atoms with van der Waals surface area (Å²) in [5.41, 5.74) is 2.32. The summed E-state index contributed by atoms with van der Waals surface area (Å²) in [5.74, 6) is -0.697. The molecule has 1 aromatic heterocycles. The average molecular weight is 314 g/mol. The van der Waals surface area contributed by atoms with Gasteiger partial charge in [-0.1, -0.05) is 48.5 Å². The third kappa shape index (κ3) is 2.54. The van der Waals surface area contributed by atoms with Crippen LogP contribution < -0.4 is 5.32 Å². The van der Waals surface area contributed by atoms with E-state index in [0.29, 0.717) is 0 Å². The van der Waals surface area contributed by atoms with Gasteiger partial charge in [-0.3, -0.25) is 4.79 Å². The zero-order valence-corrected chi connectivity index (χ0v) is 13.0. The standard InChI is InChI=1S/C21H16NO2/c1-14(19-13-24-20-9-5-4-8-18(19)20)21(23)22-17-11-10-15-6-2-3-7-16(15)12-17/h2-14H,1H2,(H,22,23). The summed E-state index contributed by atoms with van der Waals surface area (Å²) in [6, 6.07) is 21.6. The van der Waals surface area contributed by atoms with Crippen molar-refractivity contribution in [3.8, 4) is 0 Å². The van der Waals surface area contributed by atoms with Crippen LogP contribution in [0.15, 0.2) is 77.4 Å². The van der Waals surface area contributed by atoms with Gasteiger partial charge in [-0.2, -0.15) is 0 Å². The molecule has 0 aliphatic heterocycles. The Balaban J connectivity index is 1.60. The molecule has 0 saturated heterocycles. The molecule has 0 aliphatic rings. The molecular weight excluding hydrogens is 298 g/mol. The summed E-state index contributed by atoms with van der Waals surface area (Å²) in [5, 5.41) is 6.09. The van der Waals surface area contributed by atoms with Crippen molar-refractivity contribution < 1.29 is 9.21 Å². The van der Waals surface area contributed by atoms with Crippen LogP contribution in [0, 0.1) is 6.92 Å². The number of carbonyl (C=O) groups excluding carboxylic acids is 1. The molecule has 0 fully saturated rings. The van der Waals surface area contributed by atoms with Gasteiger partial charge >= 0.3 is 0 Å². The molecule has 4 rings (SSSR count). The summed E-state index contributed by atoms with van der Waals surface area (Å²) in [6.45, 7) is 4.02. The normalized spacial score (nSPS) is 12.4. The first-order valence-corrected chi connectivity index (χ1v) is 7.81. The summed E-state index contributed by atoms with van der Waals surface area (Å²) < 4.78 is 5.51. The van der Waals surface area contributed by atoms with Crippen molar-refractivity contribution in [3.05, 3.63) is 85.5 Å². The molecule has 117 valence electrons. The van der Waals surface area contributed by atoms with Crippen LogP contribution in [0.5, 0.6) is 0 Å². The summed E-state index contributed by atoms with van der Waals surface area (Å²) in [6.07, 6.45) is 1.61. The molecule has 4 aromatic rings. The summed E-state index contributed by atoms with van der Waals surface area (Å²) in [7, 11) is 0. The van der Waals surface area contributed by atoms with E-state index in [1.54, 1.807) is 6.26 Å². The van der Waals surface area contributed by atoms with Gasteiger partial charge in [0, 0.05) is 16.6 Å². The van der Waals surface area contributed by atoms with Gasteiger partial charge in [0.15, 0.2) is 0 Å². The van der Waals surface area contributed by atoms with E-state index in [9.17, 15) is 4.79 Å². The van der Waals surface area contributed by atoms with Gasteiger partial charge in [-0.15, -0.1) is 0 Å². The fourth-order valence-corrected chi connectivity index (χ4v) is 2.91. The molecule has 3 heteroatoms. The molecule has 3 nitrogen and oxygen atoms in total. The third-order valence-electron chi connectivity index (χ3n) is 4.22. The molecule has 0 spiro atoms. The Hall–Kier alpha value is -3.07. The number of hydrogen-bond donors (Lipinski definition) is 1. The van der Waals surface area contributed by atoms with Crippen LogP contribution in [-0.4, -0.2) is 5.91 Å². The monoisotopic (exact) mass is 314 g/mol. The first kappa shape index (κ1) is 14.5. The highest BCUT2D eigenvalue weighted by Gasteiger charge is 2.20. The molecule has 24 heavy (non-hydrogen) atoms. The van der Waals surface area contributed by atoms with Crippen LogP contribution >= 0.6 is 0 Å². The molecule has 3 aromatic carbocycles. The molecule has 0 bridgehead atoms. The Labute approximate surface area is 139 Å². The number of furan rings is 1. The third-order valence-corrected chi connectivity index (χ3v) is 4.22. The number of hydrogen-bond acceptors (Lipinski definition) is 2. The lowest BCUT2D eigenvalue weighted by molar-refractivity contribution is -0.116. The van der Waals surface area contributed by atoms with Crippen molar-refractivity contribution in [3.63, 3.8) is 0 Å². The second kappa shape index (κ2) is 5.85. The van der Waals surface area contributed by atoms with Gasteiger partial charge in [0.2, 0.25) is 5.91 Å². The molecule has 1 heterocycles. The van der Waals surface area contributed by atoms with E-state index < -0.39 is 5.92 Å². The van der Waals surface area contributed by atoms with E-state index in [1.807, 2.05) is 66.7 Å². The Morgan fingerprint density at radius 1 is 0.958 bits per heavy atom. The van der Waals surface area contributed by atoms with Crippen molar-refractivity contribution in [2.24, 2.45) is 0 Å². The predicted octanol–water partition coefficient (Wildman–Crippen LogP) is 5.14. The van der Waals surface area contributed by atoms with Crippen molar-refractivity contribution >= 4 is 33.3 Å². The lowest BCUT2D eigenvalue weighted by Crippen LogP contribution is -2.18. The lowest BCUT2D eigenvalue weighted by Gasteiger charge is -2.12. The first-order chi connectivity index (χ1) is 11.7. The molecule has 1 atom stereocenters. The SMILES string of the molecule is [CH2]C(C(=O)Nc1ccc2ccccc2c1)c1coc2ccccc12. The quantitative estimate of drug-likeness (QED) is 0.569. The van der Waals surface area contributed by atoms with Crippen LogP contribution in [0.2, 0.25) is 0 Å². The van der Waals surface area contributed by atoms with Crippen molar-refractivity contribution in [2.45, 2.75) is 5.92 Å². The second-order valence-electron chi connectivity index (χ2n) is 5.79. The molecule has 0 saturated carbocycles. The molecule has 1 radical (unpaired) electrons. The summed E-state index contributed by atoms with van der Waals surface area (Å²) >= 11 is 0. The number of benzene rings is 3. The fraction of sp³-hybridized carbons (Fsp3) is 0.0476. The van der Waals surface area contributed by atoms with E-state index in [2.05, 4.69) is 12.2 Å². The smallest absolute Gasteiger partial charge is 0.232 e. The largest absolute Gasteiger partial charge is 0.464 e. The molecule has 1 N–H and O–H groups in total. The Morgan fingerprint density at radius 3 is 2.58 bits per heavy atom. The number of rotatable bonds is 3. The van der Waals surface area contributed by atoms with Crippen molar-refractivity contribution in [2.75, 3.05) is 5.32 Å². The Kier molecular flexibility index (Phi) is 3.54.